The molecule has 5 nitrogen and oxygen atoms in total. The van der Waals surface area contributed by atoms with Crippen molar-refractivity contribution < 1.29 is 0 Å². The molecular weight excluding hydrogens is 262 g/mol. The lowest BCUT2D eigenvalue weighted by Crippen LogP contribution is -2.28. The highest BCUT2D eigenvalue weighted by atomic mass is 15.2. The van der Waals surface area contributed by atoms with Crippen molar-refractivity contribution in [2.45, 2.75) is 20.3 Å². The molecule has 0 fully saturated rings. The molecule has 2 atom stereocenters. The Morgan fingerprint density at radius 3 is 2.57 bits per heavy atom. The van der Waals surface area contributed by atoms with E-state index in [1.54, 1.807) is 6.20 Å². The van der Waals surface area contributed by atoms with Crippen molar-refractivity contribution in [3.63, 3.8) is 0 Å². The Hall–Kier alpha value is -2.30. The van der Waals surface area contributed by atoms with Crippen LogP contribution in [0.5, 0.6) is 0 Å². The van der Waals surface area contributed by atoms with Crippen molar-refractivity contribution in [3.05, 3.63) is 43.9 Å². The average Bonchev–Trinajstić information content (AvgIpc) is 2.45. The maximum absolute atomic E-state index is 5.95. The van der Waals surface area contributed by atoms with Gasteiger partial charge in [-0.05, 0) is 31.4 Å². The molecule has 21 heavy (non-hydrogen) atoms. The predicted octanol–water partition coefficient (Wildman–Crippen LogP) is 3.00. The topological polar surface area (TPSA) is 81.1 Å². The minimum absolute atomic E-state index is 0.279. The lowest BCUT2D eigenvalue weighted by atomic mass is 9.88. The van der Waals surface area contributed by atoms with Crippen LogP contribution < -0.4 is 16.4 Å². The standard InChI is InChI=1S/C16H25N5/c1-6-13(8-11(3)4)12(5)9-21(7-2)16-14(17)15(18)19-10-20-16/h6-7,10,12-13H,1-3,8-9,17H2,4-5H3,(H2,18,19,20)/t12-,13+/m0/s1. The lowest BCUT2D eigenvalue weighted by Gasteiger charge is -2.28. The van der Waals surface area contributed by atoms with Gasteiger partial charge < -0.3 is 16.4 Å². The molecule has 0 saturated heterocycles. The molecule has 1 rings (SSSR count). The number of nitrogens with zero attached hydrogens (tertiary/aromatic N) is 3. The minimum atomic E-state index is 0.279. The number of nitrogens with two attached hydrogens (primary N) is 2. The number of rotatable bonds is 8. The van der Waals surface area contributed by atoms with Crippen molar-refractivity contribution in [3.8, 4) is 0 Å². The van der Waals surface area contributed by atoms with Gasteiger partial charge in [-0.3, -0.25) is 0 Å². The zero-order valence-electron chi connectivity index (χ0n) is 12.9. The summed E-state index contributed by atoms with van der Waals surface area (Å²) < 4.78 is 0. The van der Waals surface area contributed by atoms with Gasteiger partial charge in [0.25, 0.3) is 0 Å². The number of hydrogen-bond acceptors (Lipinski definition) is 5. The van der Waals surface area contributed by atoms with Gasteiger partial charge in [-0.1, -0.05) is 25.2 Å². The molecule has 114 valence electrons. The fourth-order valence-electron chi connectivity index (χ4n) is 2.24. The van der Waals surface area contributed by atoms with E-state index in [1.165, 1.54) is 6.33 Å². The number of nitrogen functional groups attached to an aromatic ring is 2. The van der Waals surface area contributed by atoms with E-state index in [1.807, 2.05) is 17.9 Å². The molecule has 0 aromatic carbocycles. The summed E-state index contributed by atoms with van der Waals surface area (Å²) in [5.74, 6) is 1.54. The molecule has 0 amide bonds. The summed E-state index contributed by atoms with van der Waals surface area (Å²) in [6, 6.07) is 0. The molecule has 0 unspecified atom stereocenters. The zero-order valence-corrected chi connectivity index (χ0v) is 12.9. The molecule has 1 aromatic rings. The van der Waals surface area contributed by atoms with Crippen LogP contribution in [0.3, 0.4) is 0 Å². The number of allylic oxidation sites excluding steroid dienone is 2. The number of aromatic nitrogens is 2. The van der Waals surface area contributed by atoms with E-state index in [-0.39, 0.29) is 5.82 Å². The van der Waals surface area contributed by atoms with Crippen molar-refractivity contribution in [2.24, 2.45) is 11.8 Å². The van der Waals surface area contributed by atoms with Gasteiger partial charge in [-0.2, -0.15) is 0 Å². The lowest BCUT2D eigenvalue weighted by molar-refractivity contribution is 0.432. The highest BCUT2D eigenvalue weighted by Gasteiger charge is 2.19. The molecule has 5 heteroatoms. The first-order valence-electron chi connectivity index (χ1n) is 6.92. The third-order valence-corrected chi connectivity index (χ3v) is 3.49. The van der Waals surface area contributed by atoms with E-state index in [4.69, 9.17) is 11.5 Å². The SMILES string of the molecule is C=C[C@H](CC(=C)C)[C@@H](C)CN(C=C)c1ncnc(N)c1N. The van der Waals surface area contributed by atoms with Crippen LogP contribution in [0, 0.1) is 11.8 Å². The summed E-state index contributed by atoms with van der Waals surface area (Å²) in [6.07, 6.45) is 5.99. The molecule has 0 spiro atoms. The summed E-state index contributed by atoms with van der Waals surface area (Å²) in [7, 11) is 0. The smallest absolute Gasteiger partial charge is 0.161 e. The summed E-state index contributed by atoms with van der Waals surface area (Å²) in [6.45, 7) is 16.6. The molecular formula is C16H25N5. The van der Waals surface area contributed by atoms with Gasteiger partial charge in [0.05, 0.1) is 0 Å². The van der Waals surface area contributed by atoms with Gasteiger partial charge in [0.1, 0.15) is 12.0 Å². The Morgan fingerprint density at radius 2 is 2.05 bits per heavy atom. The van der Waals surface area contributed by atoms with Crippen LogP contribution in [-0.4, -0.2) is 16.5 Å². The fraction of sp³-hybridized carbons (Fsp3) is 0.375. The highest BCUT2D eigenvalue weighted by Crippen LogP contribution is 2.27. The molecule has 0 bridgehead atoms. The first kappa shape index (κ1) is 16.8. The molecule has 1 heterocycles. The summed E-state index contributed by atoms with van der Waals surface area (Å²) in [5, 5.41) is 0. The Morgan fingerprint density at radius 1 is 1.38 bits per heavy atom. The number of anilines is 3. The molecule has 0 aliphatic rings. The monoisotopic (exact) mass is 287 g/mol. The Bertz CT molecular complexity index is 523. The Kier molecular flexibility index (Phi) is 5.96. The molecule has 1 aromatic heterocycles. The van der Waals surface area contributed by atoms with E-state index < -0.39 is 0 Å². The van der Waals surface area contributed by atoms with Gasteiger partial charge >= 0.3 is 0 Å². The summed E-state index contributed by atoms with van der Waals surface area (Å²) in [4.78, 5) is 9.98. The third kappa shape index (κ3) is 4.34. The Labute approximate surface area is 127 Å². The zero-order chi connectivity index (χ0) is 16.0. The number of hydrogen-bond donors (Lipinski definition) is 2. The normalized spacial score (nSPS) is 13.2. The second-order valence-corrected chi connectivity index (χ2v) is 5.37. The van der Waals surface area contributed by atoms with Crippen molar-refractivity contribution >= 4 is 17.3 Å². The maximum atomic E-state index is 5.95. The van der Waals surface area contributed by atoms with Crippen LogP contribution >= 0.6 is 0 Å². The van der Waals surface area contributed by atoms with E-state index >= 15 is 0 Å². The molecule has 0 aliphatic heterocycles. The third-order valence-electron chi connectivity index (χ3n) is 3.49. The second-order valence-electron chi connectivity index (χ2n) is 5.37. The maximum Gasteiger partial charge on any atom is 0.161 e. The Balaban J connectivity index is 2.91. The molecule has 0 saturated carbocycles. The van der Waals surface area contributed by atoms with Gasteiger partial charge in [0.2, 0.25) is 0 Å². The van der Waals surface area contributed by atoms with Gasteiger partial charge in [0, 0.05) is 6.54 Å². The first-order valence-corrected chi connectivity index (χ1v) is 6.92. The van der Waals surface area contributed by atoms with Crippen molar-refractivity contribution in [1.29, 1.82) is 0 Å². The van der Waals surface area contributed by atoms with E-state index in [0.29, 0.717) is 29.9 Å². The van der Waals surface area contributed by atoms with E-state index in [0.717, 1.165) is 12.0 Å². The van der Waals surface area contributed by atoms with Gasteiger partial charge in [-0.15, -0.1) is 13.2 Å². The van der Waals surface area contributed by atoms with Gasteiger partial charge in [0.15, 0.2) is 11.6 Å². The quantitative estimate of drug-likeness (QED) is 0.718. The van der Waals surface area contributed by atoms with Crippen LogP contribution in [0.4, 0.5) is 17.3 Å². The van der Waals surface area contributed by atoms with Crippen LogP contribution in [0.1, 0.15) is 20.3 Å². The second kappa shape index (κ2) is 7.47. The molecule has 0 radical (unpaired) electrons. The summed E-state index contributed by atoms with van der Waals surface area (Å²) >= 11 is 0. The van der Waals surface area contributed by atoms with Crippen LogP contribution in [0.2, 0.25) is 0 Å². The highest BCUT2D eigenvalue weighted by molar-refractivity contribution is 5.73. The predicted molar refractivity (Wildman–Crippen MR) is 90.7 cm³/mol. The van der Waals surface area contributed by atoms with E-state index in [9.17, 15) is 0 Å². The summed E-state index contributed by atoms with van der Waals surface area (Å²) in [5.41, 5.74) is 13.2. The largest absolute Gasteiger partial charge is 0.393 e. The first-order chi connectivity index (χ1) is 9.90. The van der Waals surface area contributed by atoms with E-state index in [2.05, 4.69) is 36.6 Å². The van der Waals surface area contributed by atoms with Crippen LogP contribution in [-0.2, 0) is 0 Å². The van der Waals surface area contributed by atoms with Crippen molar-refractivity contribution in [2.75, 3.05) is 22.9 Å². The average molecular weight is 287 g/mol. The van der Waals surface area contributed by atoms with Gasteiger partial charge in [-0.25, -0.2) is 9.97 Å². The van der Waals surface area contributed by atoms with Crippen molar-refractivity contribution in [1.82, 2.24) is 9.97 Å². The molecule has 4 N–H and O–H groups in total. The fourth-order valence-corrected chi connectivity index (χ4v) is 2.24. The minimum Gasteiger partial charge on any atom is -0.393 e. The van der Waals surface area contributed by atoms with Crippen LogP contribution in [0.15, 0.2) is 43.9 Å². The van der Waals surface area contributed by atoms with Crippen LogP contribution in [0.25, 0.3) is 0 Å². The molecule has 0 aliphatic carbocycles.